The maximum atomic E-state index is 14.6. The van der Waals surface area contributed by atoms with Gasteiger partial charge in [0.15, 0.2) is 0 Å². The summed E-state index contributed by atoms with van der Waals surface area (Å²) in [6.07, 6.45) is 3.53. The van der Waals surface area contributed by atoms with E-state index in [0.29, 0.717) is 35.0 Å². The van der Waals surface area contributed by atoms with Gasteiger partial charge in [0, 0.05) is 49.6 Å². The molecule has 0 radical (unpaired) electrons. The number of aryl methyl sites for hydroxylation is 3. The average molecular weight is 577 g/mol. The Labute approximate surface area is 243 Å². The fraction of sp³-hybridized carbons (Fsp3) is 0.469. The lowest BCUT2D eigenvalue weighted by Gasteiger charge is -2.33. The van der Waals surface area contributed by atoms with Crippen LogP contribution in [0.3, 0.4) is 0 Å². The summed E-state index contributed by atoms with van der Waals surface area (Å²) in [6, 6.07) is 7.35. The molecule has 42 heavy (non-hydrogen) atoms. The van der Waals surface area contributed by atoms with Crippen molar-refractivity contribution in [3.8, 4) is 16.8 Å². The fourth-order valence-electron chi connectivity index (χ4n) is 6.56. The second-order valence-electron chi connectivity index (χ2n) is 13.2. The van der Waals surface area contributed by atoms with Crippen molar-refractivity contribution in [1.82, 2.24) is 28.5 Å². The zero-order valence-corrected chi connectivity index (χ0v) is 25.2. The molecule has 1 aliphatic rings. The van der Waals surface area contributed by atoms with Gasteiger partial charge in [-0.05, 0) is 73.9 Å². The molecule has 3 heterocycles. The van der Waals surface area contributed by atoms with Crippen LogP contribution >= 0.6 is 0 Å². The summed E-state index contributed by atoms with van der Waals surface area (Å²) in [5.74, 6) is 0.876. The van der Waals surface area contributed by atoms with Gasteiger partial charge in [0.2, 0.25) is 0 Å². The Kier molecular flexibility index (Phi) is 6.49. The summed E-state index contributed by atoms with van der Waals surface area (Å²) in [5, 5.41) is 14.8. The van der Waals surface area contributed by atoms with E-state index in [1.165, 1.54) is 0 Å². The minimum absolute atomic E-state index is 0.0833. The highest BCUT2D eigenvalue weighted by atomic mass is 19.3. The van der Waals surface area contributed by atoms with E-state index in [9.17, 15) is 18.7 Å². The highest BCUT2D eigenvalue weighted by Crippen LogP contribution is 2.43. The molecule has 1 fully saturated rings. The van der Waals surface area contributed by atoms with Crippen molar-refractivity contribution < 1.29 is 13.9 Å². The molecular formula is C32H38F2N6O2. The smallest absolute Gasteiger partial charge is 0.328 e. The summed E-state index contributed by atoms with van der Waals surface area (Å²) < 4.78 is 36.1. The Morgan fingerprint density at radius 2 is 1.71 bits per heavy atom. The molecule has 0 atom stereocenters. The van der Waals surface area contributed by atoms with E-state index in [1.807, 2.05) is 17.6 Å². The van der Waals surface area contributed by atoms with Crippen LogP contribution in [-0.2, 0) is 26.6 Å². The van der Waals surface area contributed by atoms with Crippen molar-refractivity contribution in [3.63, 3.8) is 0 Å². The minimum Gasteiger partial charge on any atom is -0.390 e. The van der Waals surface area contributed by atoms with Crippen molar-refractivity contribution in [3.05, 3.63) is 64.1 Å². The first-order valence-corrected chi connectivity index (χ1v) is 14.4. The van der Waals surface area contributed by atoms with Gasteiger partial charge in [0.25, 0.3) is 6.43 Å². The number of nitrogens with zero attached hydrogens (tertiary/aromatic N) is 6. The molecule has 0 spiro atoms. The van der Waals surface area contributed by atoms with Gasteiger partial charge in [0.1, 0.15) is 5.82 Å². The van der Waals surface area contributed by atoms with Crippen molar-refractivity contribution in [2.75, 3.05) is 0 Å². The molecule has 1 N–H and O–H groups in total. The van der Waals surface area contributed by atoms with Gasteiger partial charge < -0.3 is 5.11 Å². The standard InChI is InChI=1S/C32H38F2N6O2/c1-31(2,3)29-36-24-14-21(19-16-35-37(5)17-19)23(28(33)34)15-25(24)40(29)20-12-22(18-8-10-32(4,42)11-9-18)27-26(13-20)38(6)30(41)39(27)7/h12-18,28,42H,8-11H2,1-7H3. The molecule has 1 saturated carbocycles. The summed E-state index contributed by atoms with van der Waals surface area (Å²) in [5.41, 5.74) is 4.33. The van der Waals surface area contributed by atoms with Gasteiger partial charge in [0.05, 0.1) is 33.9 Å². The largest absolute Gasteiger partial charge is 0.390 e. The molecule has 8 nitrogen and oxygen atoms in total. The van der Waals surface area contributed by atoms with Crippen LogP contribution in [0, 0.1) is 0 Å². The van der Waals surface area contributed by atoms with Crippen LogP contribution in [0.2, 0.25) is 0 Å². The zero-order valence-electron chi connectivity index (χ0n) is 25.2. The lowest BCUT2D eigenvalue weighted by Crippen LogP contribution is -2.29. The number of hydrogen-bond donors (Lipinski definition) is 1. The highest BCUT2D eigenvalue weighted by Gasteiger charge is 2.33. The number of hydrogen-bond acceptors (Lipinski definition) is 4. The summed E-state index contributed by atoms with van der Waals surface area (Å²) >= 11 is 0. The van der Waals surface area contributed by atoms with E-state index in [1.54, 1.807) is 59.5 Å². The molecular weight excluding hydrogens is 538 g/mol. The molecule has 222 valence electrons. The van der Waals surface area contributed by atoms with Crippen LogP contribution in [-0.4, -0.2) is 39.2 Å². The van der Waals surface area contributed by atoms with E-state index in [0.717, 1.165) is 41.0 Å². The second-order valence-corrected chi connectivity index (χ2v) is 13.2. The van der Waals surface area contributed by atoms with Gasteiger partial charge in [-0.1, -0.05) is 20.8 Å². The number of aliphatic hydroxyl groups is 1. The first-order chi connectivity index (χ1) is 19.7. The Bertz CT molecular complexity index is 1890. The van der Waals surface area contributed by atoms with Crippen LogP contribution in [0.4, 0.5) is 8.78 Å². The number of imidazole rings is 2. The van der Waals surface area contributed by atoms with Crippen molar-refractivity contribution in [1.29, 1.82) is 0 Å². The maximum absolute atomic E-state index is 14.6. The van der Waals surface area contributed by atoms with Crippen LogP contribution in [0.15, 0.2) is 41.5 Å². The normalized spacial score (nSPS) is 19.9. The van der Waals surface area contributed by atoms with Crippen molar-refractivity contribution in [2.24, 2.45) is 21.1 Å². The minimum atomic E-state index is -2.70. The summed E-state index contributed by atoms with van der Waals surface area (Å²) in [6.45, 7) is 8.05. The Balaban J connectivity index is 1.66. The SMILES string of the molecule is Cn1cc(-c2cc3nc(C(C)(C)C)n(-c4cc(C5CCC(C)(O)CC5)c5c(c4)n(C)c(=O)n5C)c3cc2C(F)F)cn1. The van der Waals surface area contributed by atoms with Crippen LogP contribution < -0.4 is 5.69 Å². The predicted octanol–water partition coefficient (Wildman–Crippen LogP) is 6.26. The molecule has 1 aliphatic carbocycles. The molecule has 2 aromatic carbocycles. The molecule has 3 aromatic heterocycles. The number of halogens is 2. The van der Waals surface area contributed by atoms with Gasteiger partial charge in [-0.3, -0.25) is 18.4 Å². The van der Waals surface area contributed by atoms with E-state index in [4.69, 9.17) is 4.98 Å². The Morgan fingerprint density at radius 3 is 2.31 bits per heavy atom. The van der Waals surface area contributed by atoms with Crippen molar-refractivity contribution >= 4 is 22.1 Å². The van der Waals surface area contributed by atoms with Crippen LogP contribution in [0.25, 0.3) is 38.9 Å². The van der Waals surface area contributed by atoms with E-state index in [2.05, 4.69) is 31.9 Å². The monoisotopic (exact) mass is 576 g/mol. The van der Waals surface area contributed by atoms with E-state index < -0.39 is 17.4 Å². The van der Waals surface area contributed by atoms with E-state index in [-0.39, 0.29) is 17.2 Å². The topological polar surface area (TPSA) is 82.8 Å². The summed E-state index contributed by atoms with van der Waals surface area (Å²) in [7, 11) is 5.30. The number of rotatable bonds is 4. The van der Waals surface area contributed by atoms with Crippen LogP contribution in [0.1, 0.15) is 82.7 Å². The Hall–Kier alpha value is -3.79. The highest BCUT2D eigenvalue weighted by molar-refractivity contribution is 5.88. The average Bonchev–Trinajstić information content (AvgIpc) is 3.58. The number of fused-ring (bicyclic) bond motifs is 2. The third-order valence-electron chi connectivity index (χ3n) is 8.88. The maximum Gasteiger partial charge on any atom is 0.328 e. The summed E-state index contributed by atoms with van der Waals surface area (Å²) in [4.78, 5) is 18.2. The zero-order chi connectivity index (χ0) is 30.3. The lowest BCUT2D eigenvalue weighted by atomic mass is 9.76. The molecule has 0 unspecified atom stereocenters. The van der Waals surface area contributed by atoms with E-state index >= 15 is 0 Å². The molecule has 10 heteroatoms. The Morgan fingerprint density at radius 1 is 1.02 bits per heavy atom. The quantitative estimate of drug-likeness (QED) is 0.274. The van der Waals surface area contributed by atoms with Gasteiger partial charge in [-0.15, -0.1) is 0 Å². The molecule has 0 bridgehead atoms. The third-order valence-corrected chi connectivity index (χ3v) is 8.88. The van der Waals surface area contributed by atoms with Gasteiger partial charge in [-0.2, -0.15) is 5.10 Å². The third kappa shape index (κ3) is 4.56. The second kappa shape index (κ2) is 9.62. The molecule has 5 aromatic rings. The van der Waals surface area contributed by atoms with Crippen LogP contribution in [0.5, 0.6) is 0 Å². The number of aromatic nitrogens is 6. The molecule has 0 amide bonds. The number of alkyl halides is 2. The molecule has 6 rings (SSSR count). The van der Waals surface area contributed by atoms with Crippen molar-refractivity contribution in [2.45, 2.75) is 76.7 Å². The van der Waals surface area contributed by atoms with Gasteiger partial charge in [-0.25, -0.2) is 18.6 Å². The first kappa shape index (κ1) is 28.3. The van der Waals surface area contributed by atoms with Gasteiger partial charge >= 0.3 is 5.69 Å². The number of benzene rings is 2. The fourth-order valence-corrected chi connectivity index (χ4v) is 6.56. The molecule has 0 saturated heterocycles. The lowest BCUT2D eigenvalue weighted by molar-refractivity contribution is 0.0172. The predicted molar refractivity (Wildman–Crippen MR) is 160 cm³/mol. The molecule has 0 aliphatic heterocycles. The first-order valence-electron chi connectivity index (χ1n) is 14.4.